The summed E-state index contributed by atoms with van der Waals surface area (Å²) >= 11 is 8.61. The number of nitrogens with one attached hydrogen (secondary N) is 1. The van der Waals surface area contributed by atoms with Gasteiger partial charge in [0.1, 0.15) is 5.88 Å². The summed E-state index contributed by atoms with van der Waals surface area (Å²) in [5.41, 5.74) is 1.35. The summed E-state index contributed by atoms with van der Waals surface area (Å²) in [6, 6.07) is 5.18. The number of amides is 1. The number of anilines is 1. The number of aliphatic hydroxyl groups excluding tert-OH is 1. The third-order valence-corrected chi connectivity index (χ3v) is 2.64. The summed E-state index contributed by atoms with van der Waals surface area (Å²) in [6.07, 6.45) is 0. The van der Waals surface area contributed by atoms with Gasteiger partial charge >= 0.3 is 0 Å². The number of benzene rings is 1. The van der Waals surface area contributed by atoms with Gasteiger partial charge in [-0.15, -0.1) is 11.6 Å². The summed E-state index contributed by atoms with van der Waals surface area (Å²) in [6.45, 7) is -0.0782. The molecule has 0 atom stereocenters. The van der Waals surface area contributed by atoms with E-state index in [4.69, 9.17) is 16.7 Å². The molecule has 0 saturated carbocycles. The molecule has 0 aliphatic rings. The highest BCUT2D eigenvalue weighted by Crippen LogP contribution is 2.20. The third kappa shape index (κ3) is 2.97. The fourth-order valence-electron chi connectivity index (χ4n) is 0.968. The molecule has 0 heterocycles. The summed E-state index contributed by atoms with van der Waals surface area (Å²) in [7, 11) is 0. The lowest BCUT2D eigenvalue weighted by molar-refractivity contribution is -0.113. The zero-order valence-electron chi connectivity index (χ0n) is 7.26. The van der Waals surface area contributed by atoms with E-state index >= 15 is 0 Å². The van der Waals surface area contributed by atoms with Crippen LogP contribution in [0.3, 0.4) is 0 Å². The molecule has 1 rings (SSSR count). The van der Waals surface area contributed by atoms with Gasteiger partial charge in [0.05, 0.1) is 6.61 Å². The van der Waals surface area contributed by atoms with Crippen molar-refractivity contribution in [2.45, 2.75) is 6.61 Å². The zero-order chi connectivity index (χ0) is 10.6. The first-order valence-corrected chi connectivity index (χ1v) is 5.25. The number of alkyl halides is 1. The second-order valence-corrected chi connectivity index (χ2v) is 3.77. The van der Waals surface area contributed by atoms with Gasteiger partial charge in [0, 0.05) is 10.2 Å². The molecule has 0 radical (unpaired) electrons. The largest absolute Gasteiger partial charge is 0.392 e. The van der Waals surface area contributed by atoms with Crippen LogP contribution in [0.5, 0.6) is 0 Å². The van der Waals surface area contributed by atoms with Gasteiger partial charge < -0.3 is 10.4 Å². The predicted octanol–water partition coefficient (Wildman–Crippen LogP) is 2.12. The smallest absolute Gasteiger partial charge is 0.239 e. The Bertz CT molecular complexity index is 344. The Morgan fingerprint density at radius 1 is 1.57 bits per heavy atom. The minimum Gasteiger partial charge on any atom is -0.392 e. The van der Waals surface area contributed by atoms with Crippen molar-refractivity contribution in [3.8, 4) is 0 Å². The van der Waals surface area contributed by atoms with Gasteiger partial charge in [-0.05, 0) is 23.8 Å². The molecule has 0 aromatic heterocycles. The number of rotatable bonds is 3. The number of hydrogen-bond acceptors (Lipinski definition) is 2. The van der Waals surface area contributed by atoms with Gasteiger partial charge in [0.2, 0.25) is 5.91 Å². The lowest BCUT2D eigenvalue weighted by Crippen LogP contribution is -2.12. The van der Waals surface area contributed by atoms with Crippen molar-refractivity contribution in [3.63, 3.8) is 0 Å². The first-order valence-electron chi connectivity index (χ1n) is 3.92. The maximum atomic E-state index is 10.9. The fourth-order valence-corrected chi connectivity index (χ4v) is 1.41. The molecule has 0 unspecified atom stereocenters. The Morgan fingerprint density at radius 2 is 2.29 bits per heavy atom. The van der Waals surface area contributed by atoms with Crippen molar-refractivity contribution in [2.75, 3.05) is 11.2 Å². The van der Waals surface area contributed by atoms with Gasteiger partial charge in [-0.1, -0.05) is 15.9 Å². The Morgan fingerprint density at radius 3 is 2.86 bits per heavy atom. The van der Waals surface area contributed by atoms with Crippen LogP contribution in [0.25, 0.3) is 0 Å². The number of carbonyl (C=O) groups is 1. The second kappa shape index (κ2) is 5.34. The van der Waals surface area contributed by atoms with Gasteiger partial charge in [-0.3, -0.25) is 4.79 Å². The van der Waals surface area contributed by atoms with E-state index in [1.807, 2.05) is 0 Å². The molecule has 1 aromatic rings. The molecule has 0 aliphatic carbocycles. The molecule has 3 nitrogen and oxygen atoms in total. The maximum Gasteiger partial charge on any atom is 0.239 e. The zero-order valence-corrected chi connectivity index (χ0v) is 9.60. The molecule has 0 bridgehead atoms. The summed E-state index contributed by atoms with van der Waals surface area (Å²) in [5, 5.41) is 11.6. The van der Waals surface area contributed by atoms with Gasteiger partial charge in [0.25, 0.3) is 0 Å². The fraction of sp³-hybridized carbons (Fsp3) is 0.222. The summed E-state index contributed by atoms with van der Waals surface area (Å²) in [4.78, 5) is 10.9. The number of hydrogen-bond donors (Lipinski definition) is 2. The van der Waals surface area contributed by atoms with Crippen LogP contribution in [0.2, 0.25) is 0 Å². The standard InChI is InChI=1S/C9H9BrClNO2/c10-8-2-1-7(3-6(8)5-13)12-9(14)4-11/h1-3,13H,4-5H2,(H,12,14). The monoisotopic (exact) mass is 277 g/mol. The van der Waals surface area contributed by atoms with Crippen LogP contribution in [0, 0.1) is 0 Å². The van der Waals surface area contributed by atoms with Gasteiger partial charge in [0.15, 0.2) is 0 Å². The van der Waals surface area contributed by atoms with E-state index in [9.17, 15) is 4.79 Å². The van der Waals surface area contributed by atoms with E-state index in [1.54, 1.807) is 18.2 Å². The molecule has 0 saturated heterocycles. The van der Waals surface area contributed by atoms with E-state index < -0.39 is 0 Å². The Labute approximate surface area is 95.2 Å². The number of carbonyl (C=O) groups excluding carboxylic acids is 1. The van der Waals surface area contributed by atoms with E-state index in [0.29, 0.717) is 5.69 Å². The molecule has 14 heavy (non-hydrogen) atoms. The van der Waals surface area contributed by atoms with E-state index in [-0.39, 0.29) is 18.4 Å². The predicted molar refractivity (Wildman–Crippen MR) is 59.4 cm³/mol. The highest BCUT2D eigenvalue weighted by atomic mass is 79.9. The first kappa shape index (κ1) is 11.5. The molecule has 0 spiro atoms. The highest BCUT2D eigenvalue weighted by molar-refractivity contribution is 9.10. The summed E-state index contributed by atoms with van der Waals surface area (Å²) in [5.74, 6) is -0.345. The van der Waals surface area contributed by atoms with Crippen LogP contribution in [-0.4, -0.2) is 16.9 Å². The molecule has 76 valence electrons. The highest BCUT2D eigenvalue weighted by Gasteiger charge is 2.03. The number of halogens is 2. The van der Waals surface area contributed by atoms with E-state index in [0.717, 1.165) is 10.0 Å². The van der Waals surface area contributed by atoms with Crippen molar-refractivity contribution in [1.82, 2.24) is 0 Å². The van der Waals surface area contributed by atoms with Crippen LogP contribution < -0.4 is 5.32 Å². The van der Waals surface area contributed by atoms with Crippen molar-refractivity contribution in [2.24, 2.45) is 0 Å². The Kier molecular flexibility index (Phi) is 4.38. The SMILES string of the molecule is O=C(CCl)Nc1ccc(Br)c(CO)c1. The van der Waals surface area contributed by atoms with Crippen molar-refractivity contribution >= 4 is 39.1 Å². The van der Waals surface area contributed by atoms with Crippen molar-refractivity contribution < 1.29 is 9.90 Å². The van der Waals surface area contributed by atoms with Crippen LogP contribution >= 0.6 is 27.5 Å². The molecule has 1 aromatic carbocycles. The van der Waals surface area contributed by atoms with Crippen LogP contribution in [0.1, 0.15) is 5.56 Å². The molecule has 2 N–H and O–H groups in total. The minimum atomic E-state index is -0.266. The van der Waals surface area contributed by atoms with Crippen molar-refractivity contribution in [1.29, 1.82) is 0 Å². The topological polar surface area (TPSA) is 49.3 Å². The van der Waals surface area contributed by atoms with Crippen LogP contribution in [-0.2, 0) is 11.4 Å². The minimum absolute atomic E-state index is 0.0782. The Balaban J connectivity index is 2.84. The average molecular weight is 279 g/mol. The van der Waals surface area contributed by atoms with Crippen LogP contribution in [0.4, 0.5) is 5.69 Å². The molecule has 0 aliphatic heterocycles. The Hall–Kier alpha value is -0.580. The molecular formula is C9H9BrClNO2. The normalized spacial score (nSPS) is 9.93. The summed E-state index contributed by atoms with van der Waals surface area (Å²) < 4.78 is 0.809. The van der Waals surface area contributed by atoms with Crippen LogP contribution in [0.15, 0.2) is 22.7 Å². The quantitative estimate of drug-likeness (QED) is 0.832. The van der Waals surface area contributed by atoms with Gasteiger partial charge in [-0.25, -0.2) is 0 Å². The maximum absolute atomic E-state index is 10.9. The number of aliphatic hydroxyl groups is 1. The van der Waals surface area contributed by atoms with E-state index in [2.05, 4.69) is 21.2 Å². The molecule has 0 fully saturated rings. The third-order valence-electron chi connectivity index (χ3n) is 1.62. The van der Waals surface area contributed by atoms with Crippen molar-refractivity contribution in [3.05, 3.63) is 28.2 Å². The second-order valence-electron chi connectivity index (χ2n) is 2.65. The van der Waals surface area contributed by atoms with Gasteiger partial charge in [-0.2, -0.15) is 0 Å². The lowest BCUT2D eigenvalue weighted by atomic mass is 10.2. The first-order chi connectivity index (χ1) is 6.67. The van der Waals surface area contributed by atoms with E-state index in [1.165, 1.54) is 0 Å². The lowest BCUT2D eigenvalue weighted by Gasteiger charge is -2.06. The molecule has 5 heteroatoms. The molecular weight excluding hydrogens is 269 g/mol. The molecule has 1 amide bonds. The average Bonchev–Trinajstić information content (AvgIpc) is 2.20.